The molecule has 17 heavy (non-hydrogen) atoms. The normalized spacial score (nSPS) is 9.94. The molecule has 2 N–H and O–H groups in total. The Hall–Kier alpha value is -2.57. The zero-order chi connectivity index (χ0) is 12.3. The number of nitrogens with one attached hydrogen (secondary N) is 1. The Morgan fingerprint density at radius 1 is 1.29 bits per heavy atom. The summed E-state index contributed by atoms with van der Waals surface area (Å²) in [6.45, 7) is 1.68. The van der Waals surface area contributed by atoms with Crippen LogP contribution < -0.4 is 5.32 Å². The van der Waals surface area contributed by atoms with E-state index >= 15 is 0 Å². The van der Waals surface area contributed by atoms with Crippen LogP contribution in [0.4, 0.5) is 11.5 Å². The van der Waals surface area contributed by atoms with Crippen LogP contribution in [0.3, 0.4) is 0 Å². The van der Waals surface area contributed by atoms with Crippen LogP contribution in [0.15, 0.2) is 24.9 Å². The Kier molecular flexibility index (Phi) is 2.91. The maximum atomic E-state index is 11.0. The molecule has 7 heteroatoms. The van der Waals surface area contributed by atoms with Gasteiger partial charge in [-0.3, -0.25) is 0 Å². The van der Waals surface area contributed by atoms with E-state index in [1.165, 1.54) is 24.9 Å². The minimum Gasteiger partial charge on any atom is -0.476 e. The van der Waals surface area contributed by atoms with Crippen molar-refractivity contribution in [2.75, 3.05) is 5.32 Å². The molecule has 7 nitrogen and oxygen atoms in total. The lowest BCUT2D eigenvalue weighted by Crippen LogP contribution is -2.08. The molecule has 2 heterocycles. The fourth-order valence-corrected chi connectivity index (χ4v) is 1.22. The van der Waals surface area contributed by atoms with Gasteiger partial charge in [0.1, 0.15) is 6.33 Å². The summed E-state index contributed by atoms with van der Waals surface area (Å²) in [4.78, 5) is 26.5. The number of carbonyl (C=O) groups is 1. The Balaban J connectivity index is 2.36. The highest BCUT2D eigenvalue weighted by atomic mass is 16.4. The van der Waals surface area contributed by atoms with E-state index in [-0.39, 0.29) is 11.5 Å². The number of hydrogen-bond donors (Lipinski definition) is 2. The molecule has 0 radical (unpaired) electrons. The maximum Gasteiger partial charge on any atom is 0.358 e. The average molecular weight is 231 g/mol. The summed E-state index contributed by atoms with van der Waals surface area (Å²) < 4.78 is 0. The van der Waals surface area contributed by atoms with Gasteiger partial charge in [-0.25, -0.2) is 24.7 Å². The number of carboxylic acids is 1. The fourth-order valence-electron chi connectivity index (χ4n) is 1.22. The van der Waals surface area contributed by atoms with Crippen LogP contribution in [0, 0.1) is 6.92 Å². The van der Waals surface area contributed by atoms with Gasteiger partial charge in [-0.15, -0.1) is 0 Å². The zero-order valence-corrected chi connectivity index (χ0v) is 8.95. The van der Waals surface area contributed by atoms with E-state index in [2.05, 4.69) is 25.3 Å². The minimum absolute atomic E-state index is 0.131. The third-order valence-corrected chi connectivity index (χ3v) is 1.92. The van der Waals surface area contributed by atoms with Gasteiger partial charge in [0.25, 0.3) is 0 Å². The predicted molar refractivity (Wildman–Crippen MR) is 59.0 cm³/mol. The highest BCUT2D eigenvalue weighted by Gasteiger charge is 2.13. The highest BCUT2D eigenvalue weighted by Crippen LogP contribution is 2.15. The monoisotopic (exact) mass is 231 g/mol. The van der Waals surface area contributed by atoms with Gasteiger partial charge in [-0.2, -0.15) is 0 Å². The third kappa shape index (κ3) is 2.51. The lowest BCUT2D eigenvalue weighted by molar-refractivity contribution is 0.0691. The van der Waals surface area contributed by atoms with Gasteiger partial charge in [0, 0.05) is 0 Å². The van der Waals surface area contributed by atoms with E-state index in [0.29, 0.717) is 11.4 Å². The molecule has 0 saturated heterocycles. The van der Waals surface area contributed by atoms with Crippen LogP contribution in [-0.4, -0.2) is 31.0 Å². The van der Waals surface area contributed by atoms with E-state index in [9.17, 15) is 4.79 Å². The molecule has 0 aliphatic carbocycles. The molecule has 0 fully saturated rings. The molecule has 0 aromatic carbocycles. The molecule has 2 aromatic rings. The summed E-state index contributed by atoms with van der Waals surface area (Å²) in [6, 6.07) is 0. The van der Waals surface area contributed by atoms with E-state index in [1.807, 2.05) is 0 Å². The molecule has 0 atom stereocenters. The first-order valence-corrected chi connectivity index (χ1v) is 4.76. The number of hydrogen-bond acceptors (Lipinski definition) is 6. The molecule has 2 aromatic heterocycles. The number of anilines is 2. The number of carboxylic acid groups (broad SMARTS) is 1. The SMILES string of the molecule is Cc1cnc(Nc2cncnc2)c(C(=O)O)n1. The quantitative estimate of drug-likeness (QED) is 0.812. The smallest absolute Gasteiger partial charge is 0.358 e. The molecule has 0 unspecified atom stereocenters. The second-order valence-corrected chi connectivity index (χ2v) is 3.27. The van der Waals surface area contributed by atoms with Crippen molar-refractivity contribution in [2.24, 2.45) is 0 Å². The standard InChI is InChI=1S/C10H9N5O2/c1-6-2-13-9(8(14-6)10(16)17)15-7-3-11-5-12-4-7/h2-5H,1H3,(H,13,15)(H,16,17). The summed E-state index contributed by atoms with van der Waals surface area (Å²) >= 11 is 0. The predicted octanol–water partition coefficient (Wildman–Crippen LogP) is 1.02. The van der Waals surface area contributed by atoms with Crippen LogP contribution in [0.25, 0.3) is 0 Å². The molecule has 0 spiro atoms. The lowest BCUT2D eigenvalue weighted by Gasteiger charge is -2.07. The average Bonchev–Trinajstić information content (AvgIpc) is 2.32. The molecular formula is C10H9N5O2. The molecule has 0 aliphatic rings. The molecule has 0 bridgehead atoms. The largest absolute Gasteiger partial charge is 0.476 e. The number of nitrogens with zero attached hydrogens (tertiary/aromatic N) is 4. The second-order valence-electron chi connectivity index (χ2n) is 3.27. The third-order valence-electron chi connectivity index (χ3n) is 1.92. The first kappa shape index (κ1) is 10.9. The second kappa shape index (κ2) is 4.52. The van der Waals surface area contributed by atoms with Gasteiger partial charge in [-0.05, 0) is 6.92 Å². The fraction of sp³-hybridized carbons (Fsp3) is 0.100. The molecule has 86 valence electrons. The highest BCUT2D eigenvalue weighted by molar-refractivity contribution is 5.91. The van der Waals surface area contributed by atoms with Crippen LogP contribution >= 0.6 is 0 Å². The summed E-state index contributed by atoms with van der Waals surface area (Å²) in [7, 11) is 0. The van der Waals surface area contributed by atoms with Gasteiger partial charge < -0.3 is 10.4 Å². The number of aryl methyl sites for hydroxylation is 1. The zero-order valence-electron chi connectivity index (χ0n) is 8.95. The first-order valence-electron chi connectivity index (χ1n) is 4.76. The van der Waals surface area contributed by atoms with Crippen LogP contribution in [0.1, 0.15) is 16.2 Å². The topological polar surface area (TPSA) is 101 Å². The first-order chi connectivity index (χ1) is 8.16. The van der Waals surface area contributed by atoms with Crippen LogP contribution in [0.5, 0.6) is 0 Å². The van der Waals surface area contributed by atoms with Crippen molar-refractivity contribution in [3.8, 4) is 0 Å². The van der Waals surface area contributed by atoms with Crippen molar-refractivity contribution in [3.63, 3.8) is 0 Å². The van der Waals surface area contributed by atoms with E-state index in [0.717, 1.165) is 0 Å². The van der Waals surface area contributed by atoms with Gasteiger partial charge in [0.05, 0.1) is 30.0 Å². The van der Waals surface area contributed by atoms with Crippen molar-refractivity contribution in [1.29, 1.82) is 0 Å². The van der Waals surface area contributed by atoms with Crippen molar-refractivity contribution in [2.45, 2.75) is 6.92 Å². The lowest BCUT2D eigenvalue weighted by atomic mass is 10.3. The van der Waals surface area contributed by atoms with Crippen molar-refractivity contribution < 1.29 is 9.90 Å². The number of rotatable bonds is 3. The minimum atomic E-state index is -1.14. The van der Waals surface area contributed by atoms with Crippen LogP contribution in [0.2, 0.25) is 0 Å². The van der Waals surface area contributed by atoms with Gasteiger partial charge in [0.15, 0.2) is 11.5 Å². The summed E-state index contributed by atoms with van der Waals surface area (Å²) in [5, 5.41) is 11.8. The number of aromatic nitrogens is 4. The van der Waals surface area contributed by atoms with E-state index in [4.69, 9.17) is 5.11 Å². The Bertz CT molecular complexity index is 544. The Morgan fingerprint density at radius 2 is 2.00 bits per heavy atom. The summed E-state index contributed by atoms with van der Waals surface area (Å²) in [6.07, 6.45) is 5.89. The van der Waals surface area contributed by atoms with E-state index in [1.54, 1.807) is 6.92 Å². The van der Waals surface area contributed by atoms with Crippen molar-refractivity contribution in [1.82, 2.24) is 19.9 Å². The summed E-state index contributed by atoms with van der Waals surface area (Å²) in [5.41, 5.74) is 0.958. The number of aromatic carboxylic acids is 1. The van der Waals surface area contributed by atoms with Gasteiger partial charge >= 0.3 is 5.97 Å². The Morgan fingerprint density at radius 3 is 2.65 bits per heavy atom. The summed E-state index contributed by atoms with van der Waals surface area (Å²) in [5.74, 6) is -0.974. The maximum absolute atomic E-state index is 11.0. The molecule has 0 saturated carbocycles. The molecule has 0 amide bonds. The molecular weight excluding hydrogens is 222 g/mol. The van der Waals surface area contributed by atoms with E-state index < -0.39 is 5.97 Å². The molecule has 0 aliphatic heterocycles. The van der Waals surface area contributed by atoms with Crippen LogP contribution in [-0.2, 0) is 0 Å². The Labute approximate surface area is 96.6 Å². The van der Waals surface area contributed by atoms with Crippen molar-refractivity contribution >= 4 is 17.5 Å². The van der Waals surface area contributed by atoms with Gasteiger partial charge in [0.2, 0.25) is 0 Å². The van der Waals surface area contributed by atoms with Gasteiger partial charge in [-0.1, -0.05) is 0 Å². The van der Waals surface area contributed by atoms with Crippen molar-refractivity contribution in [3.05, 3.63) is 36.3 Å². The molecule has 2 rings (SSSR count).